The zero-order valence-corrected chi connectivity index (χ0v) is 8.93. The molecule has 1 aliphatic heterocycles. The van der Waals surface area contributed by atoms with Crippen LogP contribution in [-0.2, 0) is 0 Å². The lowest BCUT2D eigenvalue weighted by Crippen LogP contribution is -2.21. The summed E-state index contributed by atoms with van der Waals surface area (Å²) in [5.74, 6) is 0.988. The van der Waals surface area contributed by atoms with Crippen molar-refractivity contribution in [2.45, 2.75) is 18.4 Å². The number of rotatable bonds is 3. The highest BCUT2D eigenvalue weighted by molar-refractivity contribution is 7.99. The van der Waals surface area contributed by atoms with E-state index in [1.807, 2.05) is 0 Å². The average Bonchev–Trinajstić information content (AvgIpc) is 2.68. The Kier molecular flexibility index (Phi) is 3.21. The molecule has 0 bridgehead atoms. The van der Waals surface area contributed by atoms with E-state index >= 15 is 0 Å². The van der Waals surface area contributed by atoms with Crippen LogP contribution >= 0.6 is 11.8 Å². The Labute approximate surface area is 87.1 Å². The molecule has 0 unspecified atom stereocenters. The van der Waals surface area contributed by atoms with Gasteiger partial charge in [0.25, 0.3) is 0 Å². The molecule has 0 radical (unpaired) electrons. The summed E-state index contributed by atoms with van der Waals surface area (Å²) in [5.41, 5.74) is 2.11. The van der Waals surface area contributed by atoms with E-state index in [-0.39, 0.29) is 0 Å². The zero-order valence-electron chi connectivity index (χ0n) is 8.12. The van der Waals surface area contributed by atoms with E-state index in [1.165, 1.54) is 5.57 Å². The van der Waals surface area contributed by atoms with Crippen molar-refractivity contribution in [2.24, 2.45) is 0 Å². The molecule has 0 spiro atoms. The number of hydrogen-bond donors (Lipinski definition) is 1. The number of nitrogens with one attached hydrogen (secondary N) is 1. The van der Waals surface area contributed by atoms with Gasteiger partial charge in [-0.25, -0.2) is 4.63 Å². The van der Waals surface area contributed by atoms with E-state index < -0.39 is 0 Å². The van der Waals surface area contributed by atoms with Gasteiger partial charge in [-0.1, -0.05) is 13.0 Å². The SMILES string of the molecule is CCSc1nonc1C1=CCCNC1. The van der Waals surface area contributed by atoms with Crippen LogP contribution in [0.1, 0.15) is 19.0 Å². The van der Waals surface area contributed by atoms with Crippen molar-refractivity contribution in [1.29, 1.82) is 0 Å². The Bertz CT molecular complexity index is 335. The molecule has 1 aromatic rings. The molecule has 0 saturated carbocycles. The van der Waals surface area contributed by atoms with Crippen LogP contribution in [0.3, 0.4) is 0 Å². The second-order valence-electron chi connectivity index (χ2n) is 3.05. The predicted molar refractivity (Wildman–Crippen MR) is 56.2 cm³/mol. The highest BCUT2D eigenvalue weighted by Crippen LogP contribution is 2.25. The molecule has 1 aliphatic rings. The van der Waals surface area contributed by atoms with Gasteiger partial charge in [0.05, 0.1) is 0 Å². The van der Waals surface area contributed by atoms with Gasteiger partial charge in [0.15, 0.2) is 5.03 Å². The van der Waals surface area contributed by atoms with E-state index in [4.69, 9.17) is 4.63 Å². The molecule has 0 amide bonds. The van der Waals surface area contributed by atoms with Gasteiger partial charge >= 0.3 is 0 Å². The largest absolute Gasteiger partial charge is 0.312 e. The molecule has 2 heterocycles. The smallest absolute Gasteiger partial charge is 0.168 e. The predicted octanol–water partition coefficient (Wildman–Crippen LogP) is 1.56. The second kappa shape index (κ2) is 4.61. The highest BCUT2D eigenvalue weighted by atomic mass is 32.2. The lowest BCUT2D eigenvalue weighted by Gasteiger charge is -2.11. The monoisotopic (exact) mass is 211 g/mol. The molecule has 76 valence electrons. The molecule has 5 heteroatoms. The van der Waals surface area contributed by atoms with Crippen LogP contribution in [0.4, 0.5) is 0 Å². The molecule has 0 fully saturated rings. The summed E-state index contributed by atoms with van der Waals surface area (Å²) in [6.07, 6.45) is 3.26. The molecule has 14 heavy (non-hydrogen) atoms. The number of nitrogens with zero attached hydrogens (tertiary/aromatic N) is 2. The third kappa shape index (κ3) is 1.99. The minimum absolute atomic E-state index is 0.867. The Hall–Kier alpha value is -0.810. The van der Waals surface area contributed by atoms with Crippen molar-refractivity contribution >= 4 is 17.3 Å². The first kappa shape index (κ1) is 9.73. The molecular formula is C9H13N3OS. The maximum atomic E-state index is 4.76. The van der Waals surface area contributed by atoms with Crippen molar-refractivity contribution in [1.82, 2.24) is 15.6 Å². The standard InChI is InChI=1S/C9H13N3OS/c1-2-14-9-8(11-13-12-9)7-4-3-5-10-6-7/h4,10H,2-3,5-6H2,1H3. The first-order valence-corrected chi connectivity index (χ1v) is 5.76. The van der Waals surface area contributed by atoms with Crippen LogP contribution in [-0.4, -0.2) is 29.2 Å². The van der Waals surface area contributed by atoms with Crippen molar-refractivity contribution in [3.05, 3.63) is 11.8 Å². The molecule has 4 nitrogen and oxygen atoms in total. The minimum Gasteiger partial charge on any atom is -0.312 e. The molecule has 2 rings (SSSR count). The Morgan fingerprint density at radius 3 is 3.21 bits per heavy atom. The Balaban J connectivity index is 2.21. The van der Waals surface area contributed by atoms with Crippen LogP contribution in [0.25, 0.3) is 5.57 Å². The maximum absolute atomic E-state index is 4.76. The molecule has 1 N–H and O–H groups in total. The van der Waals surface area contributed by atoms with Gasteiger partial charge in [-0.15, -0.1) is 11.8 Å². The van der Waals surface area contributed by atoms with Crippen molar-refractivity contribution in [3.63, 3.8) is 0 Å². The third-order valence-electron chi connectivity index (χ3n) is 2.07. The normalized spacial score (nSPS) is 16.8. The van der Waals surface area contributed by atoms with Gasteiger partial charge in [-0.3, -0.25) is 0 Å². The van der Waals surface area contributed by atoms with Crippen molar-refractivity contribution in [2.75, 3.05) is 18.8 Å². The Morgan fingerprint density at radius 2 is 2.50 bits per heavy atom. The summed E-state index contributed by atoms with van der Waals surface area (Å²) in [6.45, 7) is 4.01. The van der Waals surface area contributed by atoms with Gasteiger partial charge in [0.1, 0.15) is 5.69 Å². The topological polar surface area (TPSA) is 51.0 Å². The quantitative estimate of drug-likeness (QED) is 0.769. The van der Waals surface area contributed by atoms with Gasteiger partial charge in [0, 0.05) is 6.54 Å². The third-order valence-corrected chi connectivity index (χ3v) is 2.90. The fourth-order valence-corrected chi connectivity index (χ4v) is 2.10. The molecule has 1 aromatic heterocycles. The minimum atomic E-state index is 0.867. The molecule has 0 saturated heterocycles. The van der Waals surface area contributed by atoms with Crippen molar-refractivity contribution < 1.29 is 4.63 Å². The first-order chi connectivity index (χ1) is 6.92. The van der Waals surface area contributed by atoms with Gasteiger partial charge in [-0.2, -0.15) is 0 Å². The van der Waals surface area contributed by atoms with E-state index in [2.05, 4.69) is 28.6 Å². The lowest BCUT2D eigenvalue weighted by atomic mass is 10.1. The molecule has 0 aliphatic carbocycles. The lowest BCUT2D eigenvalue weighted by molar-refractivity contribution is 0.298. The van der Waals surface area contributed by atoms with Crippen LogP contribution in [0.5, 0.6) is 0 Å². The summed E-state index contributed by atoms with van der Waals surface area (Å²) in [6, 6.07) is 0. The summed E-state index contributed by atoms with van der Waals surface area (Å²) >= 11 is 1.67. The number of hydrogen-bond acceptors (Lipinski definition) is 5. The highest BCUT2D eigenvalue weighted by Gasteiger charge is 2.15. The van der Waals surface area contributed by atoms with Gasteiger partial charge < -0.3 is 5.32 Å². The van der Waals surface area contributed by atoms with Crippen LogP contribution < -0.4 is 5.32 Å². The zero-order chi connectivity index (χ0) is 9.80. The second-order valence-corrected chi connectivity index (χ2v) is 4.30. The molecular weight excluding hydrogens is 198 g/mol. The average molecular weight is 211 g/mol. The van der Waals surface area contributed by atoms with Crippen LogP contribution in [0.2, 0.25) is 0 Å². The summed E-state index contributed by atoms with van der Waals surface area (Å²) in [5, 5.41) is 12.0. The number of thioether (sulfide) groups is 1. The fraction of sp³-hybridized carbons (Fsp3) is 0.556. The van der Waals surface area contributed by atoms with Gasteiger partial charge in [-0.05, 0) is 34.6 Å². The maximum Gasteiger partial charge on any atom is 0.168 e. The van der Waals surface area contributed by atoms with E-state index in [0.29, 0.717) is 0 Å². The molecule has 0 atom stereocenters. The summed E-state index contributed by atoms with van der Waals surface area (Å²) in [7, 11) is 0. The number of aromatic nitrogens is 2. The van der Waals surface area contributed by atoms with Crippen LogP contribution in [0, 0.1) is 0 Å². The first-order valence-electron chi connectivity index (χ1n) is 4.77. The van der Waals surface area contributed by atoms with Gasteiger partial charge in [0.2, 0.25) is 0 Å². The van der Waals surface area contributed by atoms with E-state index in [9.17, 15) is 0 Å². The fourth-order valence-electron chi connectivity index (χ4n) is 1.43. The van der Waals surface area contributed by atoms with Crippen LogP contribution in [0.15, 0.2) is 15.7 Å². The summed E-state index contributed by atoms with van der Waals surface area (Å²) in [4.78, 5) is 0. The molecule has 0 aromatic carbocycles. The summed E-state index contributed by atoms with van der Waals surface area (Å²) < 4.78 is 4.76. The van der Waals surface area contributed by atoms with E-state index in [1.54, 1.807) is 11.8 Å². The van der Waals surface area contributed by atoms with Crippen molar-refractivity contribution in [3.8, 4) is 0 Å². The Morgan fingerprint density at radius 1 is 1.57 bits per heavy atom. The van der Waals surface area contributed by atoms with E-state index in [0.717, 1.165) is 36.0 Å².